The van der Waals surface area contributed by atoms with Crippen LogP contribution < -0.4 is 11.1 Å². The van der Waals surface area contributed by atoms with Gasteiger partial charge in [0.25, 0.3) is 0 Å². The molecular weight excluding hydrogens is 150 g/mol. The molecule has 0 radical (unpaired) electrons. The highest BCUT2D eigenvalue weighted by atomic mass is 14.9. The summed E-state index contributed by atoms with van der Waals surface area (Å²) in [5, 5.41) is 3.05. The highest BCUT2D eigenvalue weighted by molar-refractivity contribution is 5.11. The van der Waals surface area contributed by atoms with Crippen molar-refractivity contribution in [2.45, 2.75) is 12.5 Å². The Labute approximate surface area is 73.0 Å². The molecule has 0 fully saturated rings. The molecular formula is C9H15N3. The lowest BCUT2D eigenvalue weighted by Crippen LogP contribution is -2.33. The monoisotopic (exact) mass is 165 g/mol. The molecule has 0 aromatic carbocycles. The normalized spacial score (nSPS) is 12.8. The lowest BCUT2D eigenvalue weighted by molar-refractivity contribution is 0.615. The van der Waals surface area contributed by atoms with E-state index >= 15 is 0 Å². The van der Waals surface area contributed by atoms with Gasteiger partial charge in [-0.2, -0.15) is 0 Å². The number of likely N-dealkylation sites (N-methyl/N-ethyl adjacent to an activating group) is 1. The number of hydrogen-bond donors (Lipinski definition) is 2. The molecule has 0 spiro atoms. The number of rotatable bonds is 4. The first-order chi connectivity index (χ1) is 5.83. The Balaban J connectivity index is 2.41. The molecule has 1 unspecified atom stereocenters. The Morgan fingerprint density at radius 1 is 1.50 bits per heavy atom. The van der Waals surface area contributed by atoms with Gasteiger partial charge >= 0.3 is 0 Å². The maximum Gasteiger partial charge on any atom is 0.0270 e. The first-order valence-electron chi connectivity index (χ1n) is 4.12. The molecule has 0 saturated carbocycles. The van der Waals surface area contributed by atoms with E-state index in [2.05, 4.69) is 10.3 Å². The Hall–Kier alpha value is -0.930. The third-order valence-electron chi connectivity index (χ3n) is 1.71. The summed E-state index contributed by atoms with van der Waals surface area (Å²) in [6.45, 7) is 0.850. The van der Waals surface area contributed by atoms with E-state index in [4.69, 9.17) is 5.73 Å². The van der Waals surface area contributed by atoms with Gasteiger partial charge in [0.1, 0.15) is 0 Å². The molecule has 1 heterocycles. The van der Waals surface area contributed by atoms with Gasteiger partial charge in [0.2, 0.25) is 0 Å². The molecule has 0 bridgehead atoms. The number of nitrogens with two attached hydrogens (primary N) is 1. The average molecular weight is 165 g/mol. The SMILES string of the molecule is CNCC(N)Cc1ccncc1. The van der Waals surface area contributed by atoms with E-state index < -0.39 is 0 Å². The second-order valence-corrected chi connectivity index (χ2v) is 2.88. The Bertz CT molecular complexity index is 210. The van der Waals surface area contributed by atoms with Gasteiger partial charge in [-0.05, 0) is 31.2 Å². The van der Waals surface area contributed by atoms with Crippen LogP contribution in [0.1, 0.15) is 5.56 Å². The fourth-order valence-corrected chi connectivity index (χ4v) is 1.16. The molecule has 3 N–H and O–H groups in total. The second-order valence-electron chi connectivity index (χ2n) is 2.88. The van der Waals surface area contributed by atoms with Gasteiger partial charge in [0.15, 0.2) is 0 Å². The van der Waals surface area contributed by atoms with Crippen molar-refractivity contribution in [3.05, 3.63) is 30.1 Å². The minimum atomic E-state index is 0.192. The van der Waals surface area contributed by atoms with Gasteiger partial charge in [-0.1, -0.05) is 0 Å². The van der Waals surface area contributed by atoms with E-state index in [1.165, 1.54) is 5.56 Å². The molecule has 0 aliphatic carbocycles. The number of pyridine rings is 1. The quantitative estimate of drug-likeness (QED) is 0.668. The minimum absolute atomic E-state index is 0.192. The fraction of sp³-hybridized carbons (Fsp3) is 0.444. The predicted octanol–water partition coefficient (Wildman–Crippen LogP) is 0.171. The summed E-state index contributed by atoms with van der Waals surface area (Å²) in [6.07, 6.45) is 4.49. The van der Waals surface area contributed by atoms with Crippen molar-refractivity contribution in [2.75, 3.05) is 13.6 Å². The van der Waals surface area contributed by atoms with Crippen LogP contribution in [0.4, 0.5) is 0 Å². The highest BCUT2D eigenvalue weighted by Crippen LogP contribution is 1.98. The number of nitrogens with one attached hydrogen (secondary N) is 1. The molecule has 1 aromatic rings. The molecule has 0 amide bonds. The van der Waals surface area contributed by atoms with Crippen LogP contribution in [0, 0.1) is 0 Å². The van der Waals surface area contributed by atoms with Crippen LogP contribution in [0.3, 0.4) is 0 Å². The summed E-state index contributed by atoms with van der Waals surface area (Å²) >= 11 is 0. The first-order valence-corrected chi connectivity index (χ1v) is 4.12. The van der Waals surface area contributed by atoms with Crippen LogP contribution in [0.25, 0.3) is 0 Å². The van der Waals surface area contributed by atoms with Gasteiger partial charge in [-0.25, -0.2) is 0 Å². The molecule has 12 heavy (non-hydrogen) atoms. The maximum atomic E-state index is 5.83. The zero-order valence-electron chi connectivity index (χ0n) is 7.33. The highest BCUT2D eigenvalue weighted by Gasteiger charge is 2.01. The summed E-state index contributed by atoms with van der Waals surface area (Å²) in [5.41, 5.74) is 7.08. The average Bonchev–Trinajstić information content (AvgIpc) is 2.06. The molecule has 1 aromatic heterocycles. The molecule has 0 aliphatic rings. The zero-order valence-corrected chi connectivity index (χ0v) is 7.33. The Morgan fingerprint density at radius 2 is 2.17 bits per heavy atom. The largest absolute Gasteiger partial charge is 0.326 e. The van der Waals surface area contributed by atoms with Crippen molar-refractivity contribution in [3.63, 3.8) is 0 Å². The lowest BCUT2D eigenvalue weighted by Gasteiger charge is -2.09. The molecule has 0 saturated heterocycles. The van der Waals surface area contributed by atoms with E-state index in [0.717, 1.165) is 13.0 Å². The minimum Gasteiger partial charge on any atom is -0.326 e. The third-order valence-corrected chi connectivity index (χ3v) is 1.71. The van der Waals surface area contributed by atoms with Gasteiger partial charge in [0, 0.05) is 25.0 Å². The molecule has 3 nitrogen and oxygen atoms in total. The van der Waals surface area contributed by atoms with Crippen molar-refractivity contribution < 1.29 is 0 Å². The van der Waals surface area contributed by atoms with Gasteiger partial charge in [-0.3, -0.25) is 4.98 Å². The molecule has 0 aliphatic heterocycles. The van der Waals surface area contributed by atoms with E-state index in [9.17, 15) is 0 Å². The van der Waals surface area contributed by atoms with E-state index in [0.29, 0.717) is 0 Å². The number of hydrogen-bond acceptors (Lipinski definition) is 3. The van der Waals surface area contributed by atoms with Crippen LogP contribution >= 0.6 is 0 Å². The summed E-state index contributed by atoms with van der Waals surface area (Å²) in [7, 11) is 1.91. The van der Waals surface area contributed by atoms with Gasteiger partial charge < -0.3 is 11.1 Å². The van der Waals surface area contributed by atoms with Crippen molar-refractivity contribution >= 4 is 0 Å². The Morgan fingerprint density at radius 3 is 2.75 bits per heavy atom. The lowest BCUT2D eigenvalue weighted by atomic mass is 10.1. The molecule has 1 rings (SSSR count). The van der Waals surface area contributed by atoms with Crippen LogP contribution in [0.2, 0.25) is 0 Å². The second kappa shape index (κ2) is 4.85. The molecule has 66 valence electrons. The standard InChI is InChI=1S/C9H15N3/c1-11-7-9(10)6-8-2-4-12-5-3-8/h2-5,9,11H,6-7,10H2,1H3. The van der Waals surface area contributed by atoms with Gasteiger partial charge in [-0.15, -0.1) is 0 Å². The molecule has 3 heteroatoms. The van der Waals surface area contributed by atoms with E-state index in [1.54, 1.807) is 12.4 Å². The first kappa shape index (κ1) is 9.16. The van der Waals surface area contributed by atoms with Gasteiger partial charge in [0.05, 0.1) is 0 Å². The van der Waals surface area contributed by atoms with Crippen LogP contribution in [0.15, 0.2) is 24.5 Å². The maximum absolute atomic E-state index is 5.83. The van der Waals surface area contributed by atoms with Crippen molar-refractivity contribution in [3.8, 4) is 0 Å². The summed E-state index contributed by atoms with van der Waals surface area (Å²) in [6, 6.07) is 4.18. The predicted molar refractivity (Wildman–Crippen MR) is 49.8 cm³/mol. The van der Waals surface area contributed by atoms with E-state index in [1.807, 2.05) is 19.2 Å². The number of aromatic nitrogens is 1. The van der Waals surface area contributed by atoms with Crippen molar-refractivity contribution in [2.24, 2.45) is 5.73 Å². The smallest absolute Gasteiger partial charge is 0.0270 e. The van der Waals surface area contributed by atoms with Crippen LogP contribution in [-0.4, -0.2) is 24.6 Å². The van der Waals surface area contributed by atoms with E-state index in [-0.39, 0.29) is 6.04 Å². The molecule has 1 atom stereocenters. The van der Waals surface area contributed by atoms with Crippen molar-refractivity contribution in [1.29, 1.82) is 0 Å². The third kappa shape index (κ3) is 2.98. The summed E-state index contributed by atoms with van der Waals surface area (Å²) < 4.78 is 0. The van der Waals surface area contributed by atoms with Crippen LogP contribution in [-0.2, 0) is 6.42 Å². The van der Waals surface area contributed by atoms with Crippen molar-refractivity contribution in [1.82, 2.24) is 10.3 Å². The number of nitrogens with zero attached hydrogens (tertiary/aromatic N) is 1. The summed E-state index contributed by atoms with van der Waals surface area (Å²) in [5.74, 6) is 0. The Kier molecular flexibility index (Phi) is 3.70. The van der Waals surface area contributed by atoms with Crippen LogP contribution in [0.5, 0.6) is 0 Å². The zero-order chi connectivity index (χ0) is 8.81. The summed E-state index contributed by atoms with van der Waals surface area (Å²) in [4.78, 5) is 3.94. The fourth-order valence-electron chi connectivity index (χ4n) is 1.16. The topological polar surface area (TPSA) is 50.9 Å².